The van der Waals surface area contributed by atoms with Gasteiger partial charge in [0.15, 0.2) is 0 Å². The summed E-state index contributed by atoms with van der Waals surface area (Å²) in [7, 11) is 0. The molecule has 19 heavy (non-hydrogen) atoms. The second kappa shape index (κ2) is 6.38. The molecule has 1 saturated carbocycles. The Morgan fingerprint density at radius 3 is 2.68 bits per heavy atom. The number of aromatic nitrogens is 1. The second-order valence-corrected chi connectivity index (χ2v) is 6.03. The van der Waals surface area contributed by atoms with E-state index in [4.69, 9.17) is 4.98 Å². The highest BCUT2D eigenvalue weighted by molar-refractivity contribution is 5.45. The molecule has 0 bridgehead atoms. The van der Waals surface area contributed by atoms with Crippen LogP contribution in [0.1, 0.15) is 44.9 Å². The predicted octanol–water partition coefficient (Wildman–Crippen LogP) is 3.12. The Morgan fingerprint density at radius 1 is 1.37 bits per heavy atom. The number of nitrogens with one attached hydrogen (secondary N) is 1. The Balaban J connectivity index is 2.18. The third-order valence-electron chi connectivity index (χ3n) is 3.42. The number of pyridine rings is 1. The lowest BCUT2D eigenvalue weighted by molar-refractivity contribution is 0.601. The number of aryl methyl sites for hydroxylation is 1. The van der Waals surface area contributed by atoms with Gasteiger partial charge in [0.1, 0.15) is 5.82 Å². The molecular weight excluding hydrogens is 234 g/mol. The standard InChI is InChI=1S/C16H27N3/c1-5-17-10-14-8-13(4)18-16(9-14)19(11-12(2)3)15-6-7-15/h8-9,12,15,17H,5-7,10-11H2,1-4H3. The van der Waals surface area contributed by atoms with Crippen LogP contribution in [0.5, 0.6) is 0 Å². The largest absolute Gasteiger partial charge is 0.353 e. The number of hydrogen-bond donors (Lipinski definition) is 1. The summed E-state index contributed by atoms with van der Waals surface area (Å²) in [6, 6.07) is 5.17. The monoisotopic (exact) mass is 261 g/mol. The van der Waals surface area contributed by atoms with Crippen LogP contribution in [0.3, 0.4) is 0 Å². The molecule has 0 aromatic carbocycles. The Bertz CT molecular complexity index is 410. The van der Waals surface area contributed by atoms with Crippen LogP contribution in [0.4, 0.5) is 5.82 Å². The van der Waals surface area contributed by atoms with Crippen LogP contribution < -0.4 is 10.2 Å². The summed E-state index contributed by atoms with van der Waals surface area (Å²) in [5.41, 5.74) is 2.47. The van der Waals surface area contributed by atoms with Crippen LogP contribution >= 0.6 is 0 Å². The molecule has 3 nitrogen and oxygen atoms in total. The number of nitrogens with zero attached hydrogens (tertiary/aromatic N) is 2. The summed E-state index contributed by atoms with van der Waals surface area (Å²) in [5.74, 6) is 1.85. The highest BCUT2D eigenvalue weighted by atomic mass is 15.2. The van der Waals surface area contributed by atoms with Gasteiger partial charge in [-0.3, -0.25) is 0 Å². The molecule has 1 aliphatic rings. The van der Waals surface area contributed by atoms with E-state index in [1.54, 1.807) is 0 Å². The smallest absolute Gasteiger partial charge is 0.129 e. The first-order valence-electron chi connectivity index (χ1n) is 7.55. The predicted molar refractivity (Wildman–Crippen MR) is 81.6 cm³/mol. The topological polar surface area (TPSA) is 28.2 Å². The van der Waals surface area contributed by atoms with Gasteiger partial charge in [-0.15, -0.1) is 0 Å². The number of rotatable bonds is 7. The van der Waals surface area contributed by atoms with Gasteiger partial charge < -0.3 is 10.2 Å². The SMILES string of the molecule is CCNCc1cc(C)nc(N(CC(C)C)C2CC2)c1. The van der Waals surface area contributed by atoms with Crippen LogP contribution in [0.25, 0.3) is 0 Å². The molecule has 1 aliphatic carbocycles. The molecule has 0 aliphatic heterocycles. The summed E-state index contributed by atoms with van der Waals surface area (Å²) >= 11 is 0. The average Bonchev–Trinajstić information content (AvgIpc) is 3.16. The molecule has 0 unspecified atom stereocenters. The molecule has 1 aromatic rings. The minimum atomic E-state index is 0.681. The lowest BCUT2D eigenvalue weighted by atomic mass is 10.1. The highest BCUT2D eigenvalue weighted by Crippen LogP contribution is 2.31. The zero-order chi connectivity index (χ0) is 13.8. The number of anilines is 1. The molecule has 0 spiro atoms. The Labute approximate surface area is 117 Å². The van der Waals surface area contributed by atoms with E-state index in [1.807, 2.05) is 0 Å². The van der Waals surface area contributed by atoms with Crippen molar-refractivity contribution in [3.05, 3.63) is 23.4 Å². The maximum atomic E-state index is 4.75. The van der Waals surface area contributed by atoms with Crippen molar-refractivity contribution in [3.8, 4) is 0 Å². The first-order chi connectivity index (χ1) is 9.10. The molecule has 0 atom stereocenters. The molecule has 1 aromatic heterocycles. The maximum absolute atomic E-state index is 4.75. The first-order valence-corrected chi connectivity index (χ1v) is 7.55. The lowest BCUT2D eigenvalue weighted by Gasteiger charge is -2.26. The zero-order valence-electron chi connectivity index (χ0n) is 12.7. The van der Waals surface area contributed by atoms with Crippen LogP contribution in [0, 0.1) is 12.8 Å². The third kappa shape index (κ3) is 4.20. The van der Waals surface area contributed by atoms with Gasteiger partial charge >= 0.3 is 0 Å². The Kier molecular flexibility index (Phi) is 4.81. The van der Waals surface area contributed by atoms with E-state index in [1.165, 1.54) is 24.2 Å². The Morgan fingerprint density at radius 2 is 2.11 bits per heavy atom. The zero-order valence-corrected chi connectivity index (χ0v) is 12.7. The third-order valence-corrected chi connectivity index (χ3v) is 3.42. The fourth-order valence-electron chi connectivity index (χ4n) is 2.45. The fraction of sp³-hybridized carbons (Fsp3) is 0.688. The van der Waals surface area contributed by atoms with Crippen LogP contribution in [0.2, 0.25) is 0 Å². The molecule has 2 rings (SSSR count). The van der Waals surface area contributed by atoms with Gasteiger partial charge in [0.2, 0.25) is 0 Å². The fourth-order valence-corrected chi connectivity index (χ4v) is 2.45. The van der Waals surface area contributed by atoms with E-state index in [2.05, 4.69) is 50.0 Å². The van der Waals surface area contributed by atoms with E-state index in [9.17, 15) is 0 Å². The van der Waals surface area contributed by atoms with Gasteiger partial charge in [0, 0.05) is 24.8 Å². The van der Waals surface area contributed by atoms with Crippen molar-refractivity contribution in [1.29, 1.82) is 0 Å². The van der Waals surface area contributed by atoms with Crippen molar-refractivity contribution in [2.75, 3.05) is 18.0 Å². The van der Waals surface area contributed by atoms with Crippen molar-refractivity contribution in [2.24, 2.45) is 5.92 Å². The van der Waals surface area contributed by atoms with Crippen LogP contribution in [-0.2, 0) is 6.54 Å². The van der Waals surface area contributed by atoms with Crippen molar-refractivity contribution >= 4 is 5.82 Å². The van der Waals surface area contributed by atoms with Gasteiger partial charge in [0.25, 0.3) is 0 Å². The van der Waals surface area contributed by atoms with E-state index >= 15 is 0 Å². The molecule has 0 saturated heterocycles. The second-order valence-electron chi connectivity index (χ2n) is 6.03. The van der Waals surface area contributed by atoms with E-state index in [0.717, 1.165) is 31.4 Å². The molecule has 1 fully saturated rings. The summed E-state index contributed by atoms with van der Waals surface area (Å²) < 4.78 is 0. The van der Waals surface area contributed by atoms with E-state index in [0.29, 0.717) is 5.92 Å². The molecule has 0 radical (unpaired) electrons. The van der Waals surface area contributed by atoms with Crippen molar-refractivity contribution in [1.82, 2.24) is 10.3 Å². The molecule has 0 amide bonds. The average molecular weight is 261 g/mol. The molecule has 106 valence electrons. The molecular formula is C16H27N3. The minimum absolute atomic E-state index is 0.681. The van der Waals surface area contributed by atoms with E-state index in [-0.39, 0.29) is 0 Å². The summed E-state index contributed by atoms with van der Waals surface area (Å²) in [4.78, 5) is 7.26. The highest BCUT2D eigenvalue weighted by Gasteiger charge is 2.30. The van der Waals surface area contributed by atoms with Crippen LogP contribution in [-0.4, -0.2) is 24.1 Å². The molecule has 1 N–H and O–H groups in total. The Hall–Kier alpha value is -1.09. The minimum Gasteiger partial charge on any atom is -0.353 e. The van der Waals surface area contributed by atoms with Crippen molar-refractivity contribution in [3.63, 3.8) is 0 Å². The van der Waals surface area contributed by atoms with Gasteiger partial charge in [-0.2, -0.15) is 0 Å². The lowest BCUT2D eigenvalue weighted by Crippen LogP contribution is -2.31. The van der Waals surface area contributed by atoms with Crippen molar-refractivity contribution in [2.45, 2.75) is 53.1 Å². The summed E-state index contributed by atoms with van der Waals surface area (Å²) in [6.07, 6.45) is 2.65. The van der Waals surface area contributed by atoms with Crippen LogP contribution in [0.15, 0.2) is 12.1 Å². The van der Waals surface area contributed by atoms with Gasteiger partial charge in [0.05, 0.1) is 0 Å². The first kappa shape index (κ1) is 14.3. The van der Waals surface area contributed by atoms with Gasteiger partial charge in [-0.05, 0) is 49.9 Å². The van der Waals surface area contributed by atoms with Gasteiger partial charge in [-0.1, -0.05) is 20.8 Å². The summed E-state index contributed by atoms with van der Waals surface area (Å²) in [5, 5.41) is 3.40. The van der Waals surface area contributed by atoms with Crippen molar-refractivity contribution < 1.29 is 0 Å². The van der Waals surface area contributed by atoms with E-state index < -0.39 is 0 Å². The summed E-state index contributed by atoms with van der Waals surface area (Å²) in [6.45, 7) is 11.9. The maximum Gasteiger partial charge on any atom is 0.129 e. The normalized spacial score (nSPS) is 15.0. The van der Waals surface area contributed by atoms with Gasteiger partial charge in [-0.25, -0.2) is 4.98 Å². The molecule has 1 heterocycles. The molecule has 3 heteroatoms. The number of hydrogen-bond acceptors (Lipinski definition) is 3. The quantitative estimate of drug-likeness (QED) is 0.817.